The molecule has 1 aliphatic rings. The van der Waals surface area contributed by atoms with Crippen LogP contribution < -0.4 is 0 Å². The van der Waals surface area contributed by atoms with Crippen LogP contribution in [0.5, 0.6) is 0 Å². The van der Waals surface area contributed by atoms with E-state index in [0.717, 1.165) is 36.4 Å². The lowest BCUT2D eigenvalue weighted by Crippen LogP contribution is -2.48. The quantitative estimate of drug-likeness (QED) is 0.617. The van der Waals surface area contributed by atoms with Gasteiger partial charge in [-0.1, -0.05) is 12.1 Å². The first-order valence-corrected chi connectivity index (χ1v) is 8.64. The van der Waals surface area contributed by atoms with Gasteiger partial charge in [-0.3, -0.25) is 14.5 Å². The van der Waals surface area contributed by atoms with Crippen LogP contribution in [-0.4, -0.2) is 46.1 Å². The molecule has 1 heterocycles. The number of nitrogens with zero attached hydrogens (tertiary/aromatic N) is 1. The third-order valence-electron chi connectivity index (χ3n) is 4.15. The van der Waals surface area contributed by atoms with Crippen LogP contribution in [0.4, 0.5) is 0 Å². The van der Waals surface area contributed by atoms with Crippen molar-refractivity contribution in [3.63, 3.8) is 0 Å². The first-order chi connectivity index (χ1) is 10.4. The first kappa shape index (κ1) is 17.0. The number of ketones is 1. The van der Waals surface area contributed by atoms with E-state index >= 15 is 0 Å². The second-order valence-electron chi connectivity index (χ2n) is 6.10. The van der Waals surface area contributed by atoms with Crippen LogP contribution in [0.15, 0.2) is 29.2 Å². The minimum Gasteiger partial charge on any atom is -0.481 e. The molecule has 5 heteroatoms. The number of hydrogen-bond donors (Lipinski definition) is 1. The molecule has 1 aliphatic heterocycles. The zero-order valence-corrected chi connectivity index (χ0v) is 14.0. The zero-order valence-electron chi connectivity index (χ0n) is 13.2. The van der Waals surface area contributed by atoms with Crippen LogP contribution >= 0.6 is 11.8 Å². The minimum atomic E-state index is -0.785. The summed E-state index contributed by atoms with van der Waals surface area (Å²) >= 11 is 1.50. The predicted molar refractivity (Wildman–Crippen MR) is 88.6 cm³/mol. The fourth-order valence-corrected chi connectivity index (χ4v) is 3.57. The largest absolute Gasteiger partial charge is 0.481 e. The summed E-state index contributed by atoms with van der Waals surface area (Å²) in [6.45, 7) is 5.97. The lowest BCUT2D eigenvalue weighted by Gasteiger charge is -2.33. The molecule has 1 saturated heterocycles. The molecule has 0 radical (unpaired) electrons. The lowest BCUT2D eigenvalue weighted by molar-refractivity contribution is -0.136. The molecule has 2 rings (SSSR count). The number of Topliss-reactive ketones (excluding diaryl/α,β-unsaturated/α-hetero) is 1. The van der Waals surface area contributed by atoms with Gasteiger partial charge in [-0.15, -0.1) is 11.8 Å². The van der Waals surface area contributed by atoms with Crippen LogP contribution in [0.25, 0.3) is 0 Å². The molecule has 0 atom stereocenters. The molecule has 0 spiro atoms. The molecule has 0 aromatic heterocycles. The lowest BCUT2D eigenvalue weighted by atomic mass is 9.91. The van der Waals surface area contributed by atoms with Crippen LogP contribution in [0.3, 0.4) is 0 Å². The van der Waals surface area contributed by atoms with Crippen molar-refractivity contribution in [3.05, 3.63) is 29.8 Å². The number of benzene rings is 1. The molecular formula is C17H23NO3S. The Hall–Kier alpha value is -1.33. The van der Waals surface area contributed by atoms with Crippen LogP contribution in [0, 0.1) is 0 Å². The summed E-state index contributed by atoms with van der Waals surface area (Å²) in [6.07, 6.45) is 2.47. The summed E-state index contributed by atoms with van der Waals surface area (Å²) in [7, 11) is 0. The SMILES string of the molecule is CC(C)(C(=O)c1ccc(SCCC(=O)O)cc1)N1CCCC1. The van der Waals surface area contributed by atoms with E-state index in [9.17, 15) is 9.59 Å². The Morgan fingerprint density at radius 2 is 1.77 bits per heavy atom. The molecule has 1 N–H and O–H groups in total. The maximum absolute atomic E-state index is 12.7. The Kier molecular flexibility index (Phi) is 5.64. The highest BCUT2D eigenvalue weighted by Crippen LogP contribution is 2.26. The molecule has 0 amide bonds. The number of aliphatic carboxylic acids is 1. The summed E-state index contributed by atoms with van der Waals surface area (Å²) in [5, 5.41) is 8.64. The molecule has 120 valence electrons. The number of carbonyl (C=O) groups excluding carboxylic acids is 1. The van der Waals surface area contributed by atoms with Crippen LogP contribution in [0.2, 0.25) is 0 Å². The van der Waals surface area contributed by atoms with Crippen molar-refractivity contribution < 1.29 is 14.7 Å². The fourth-order valence-electron chi connectivity index (χ4n) is 2.73. The number of carboxylic acids is 1. The Labute approximate surface area is 135 Å². The van der Waals surface area contributed by atoms with Crippen molar-refractivity contribution in [1.29, 1.82) is 0 Å². The van der Waals surface area contributed by atoms with E-state index in [1.54, 1.807) is 0 Å². The summed E-state index contributed by atoms with van der Waals surface area (Å²) in [6, 6.07) is 7.51. The number of hydrogen-bond acceptors (Lipinski definition) is 4. The molecule has 0 aliphatic carbocycles. The van der Waals surface area contributed by atoms with Gasteiger partial charge in [-0.25, -0.2) is 0 Å². The molecule has 0 unspecified atom stereocenters. The summed E-state index contributed by atoms with van der Waals surface area (Å²) in [4.78, 5) is 26.5. The van der Waals surface area contributed by atoms with Gasteiger partial charge < -0.3 is 5.11 Å². The van der Waals surface area contributed by atoms with E-state index in [2.05, 4.69) is 4.90 Å². The van der Waals surface area contributed by atoms with E-state index in [1.165, 1.54) is 11.8 Å². The van der Waals surface area contributed by atoms with Crippen molar-refractivity contribution in [2.45, 2.75) is 43.5 Å². The topological polar surface area (TPSA) is 57.6 Å². The van der Waals surface area contributed by atoms with Gasteiger partial charge in [0.05, 0.1) is 12.0 Å². The normalized spacial score (nSPS) is 15.9. The Morgan fingerprint density at radius 3 is 2.32 bits per heavy atom. The molecule has 0 saturated carbocycles. The Balaban J connectivity index is 1.99. The van der Waals surface area contributed by atoms with Gasteiger partial charge >= 0.3 is 5.97 Å². The van der Waals surface area contributed by atoms with Crippen LogP contribution in [-0.2, 0) is 4.79 Å². The number of likely N-dealkylation sites (tertiary alicyclic amines) is 1. The maximum Gasteiger partial charge on any atom is 0.304 e. The third-order valence-corrected chi connectivity index (χ3v) is 5.17. The molecule has 1 aromatic rings. The van der Waals surface area contributed by atoms with Gasteiger partial charge in [0.2, 0.25) is 0 Å². The van der Waals surface area contributed by atoms with Gasteiger partial charge in [0.25, 0.3) is 0 Å². The van der Waals surface area contributed by atoms with Gasteiger partial charge in [-0.05, 0) is 51.9 Å². The van der Waals surface area contributed by atoms with E-state index in [0.29, 0.717) is 5.75 Å². The van der Waals surface area contributed by atoms with Crippen LogP contribution in [0.1, 0.15) is 43.5 Å². The summed E-state index contributed by atoms with van der Waals surface area (Å²) in [5.74, 6) is -0.0924. The fraction of sp³-hybridized carbons (Fsp3) is 0.529. The van der Waals surface area contributed by atoms with Gasteiger partial charge in [0.1, 0.15) is 0 Å². The average Bonchev–Trinajstić information content (AvgIpc) is 3.02. The van der Waals surface area contributed by atoms with Crippen molar-refractivity contribution in [3.8, 4) is 0 Å². The second-order valence-corrected chi connectivity index (χ2v) is 7.27. The number of carbonyl (C=O) groups is 2. The highest BCUT2D eigenvalue weighted by molar-refractivity contribution is 7.99. The van der Waals surface area contributed by atoms with Crippen molar-refractivity contribution >= 4 is 23.5 Å². The summed E-state index contributed by atoms with van der Waals surface area (Å²) < 4.78 is 0. The van der Waals surface area contributed by atoms with Crippen molar-refractivity contribution in [2.75, 3.05) is 18.8 Å². The maximum atomic E-state index is 12.7. The number of carboxylic acid groups (broad SMARTS) is 1. The minimum absolute atomic E-state index is 0.146. The van der Waals surface area contributed by atoms with Crippen molar-refractivity contribution in [1.82, 2.24) is 4.90 Å². The molecule has 0 bridgehead atoms. The Bertz CT molecular complexity index is 533. The molecule has 4 nitrogen and oxygen atoms in total. The average molecular weight is 321 g/mol. The second kappa shape index (κ2) is 7.29. The third kappa shape index (κ3) is 4.11. The predicted octanol–water partition coefficient (Wildman–Crippen LogP) is 3.31. The van der Waals surface area contributed by atoms with E-state index in [4.69, 9.17) is 5.11 Å². The smallest absolute Gasteiger partial charge is 0.304 e. The molecule has 1 aromatic carbocycles. The van der Waals surface area contributed by atoms with Gasteiger partial charge in [0, 0.05) is 16.2 Å². The highest BCUT2D eigenvalue weighted by atomic mass is 32.2. The van der Waals surface area contributed by atoms with E-state index in [1.807, 2.05) is 38.1 Å². The number of rotatable bonds is 7. The number of thioether (sulfide) groups is 1. The molecule has 22 heavy (non-hydrogen) atoms. The standard InChI is InChI=1S/C17H23NO3S/c1-17(2,18-10-3-4-11-18)16(21)13-5-7-14(8-6-13)22-12-9-15(19)20/h5-8H,3-4,9-12H2,1-2H3,(H,19,20). The van der Waals surface area contributed by atoms with Gasteiger partial charge in [-0.2, -0.15) is 0 Å². The molecule has 1 fully saturated rings. The van der Waals surface area contributed by atoms with Gasteiger partial charge in [0.15, 0.2) is 5.78 Å². The molecular weight excluding hydrogens is 298 g/mol. The first-order valence-electron chi connectivity index (χ1n) is 7.66. The summed E-state index contributed by atoms with van der Waals surface area (Å²) in [5.41, 5.74) is 0.258. The highest BCUT2D eigenvalue weighted by Gasteiger charge is 2.36. The van der Waals surface area contributed by atoms with E-state index < -0.39 is 11.5 Å². The zero-order chi connectivity index (χ0) is 16.2. The Morgan fingerprint density at radius 1 is 1.18 bits per heavy atom. The van der Waals surface area contributed by atoms with Crippen molar-refractivity contribution in [2.24, 2.45) is 0 Å². The monoisotopic (exact) mass is 321 g/mol. The van der Waals surface area contributed by atoms with E-state index in [-0.39, 0.29) is 12.2 Å².